The van der Waals surface area contributed by atoms with Crippen molar-refractivity contribution < 1.29 is 9.53 Å². The van der Waals surface area contributed by atoms with Gasteiger partial charge >= 0.3 is 5.97 Å². The molecule has 1 unspecified atom stereocenters. The van der Waals surface area contributed by atoms with E-state index in [-0.39, 0.29) is 5.41 Å². The lowest BCUT2D eigenvalue weighted by molar-refractivity contribution is -0.129. The molecular weight excluding hydrogens is 592 g/mol. The van der Waals surface area contributed by atoms with E-state index in [4.69, 9.17) is 4.74 Å². The number of carbonyl (C=O) groups is 1. The first-order valence-electron chi connectivity index (χ1n) is 7.94. The molecule has 2 aromatic rings. The lowest BCUT2D eigenvalue weighted by atomic mass is 9.74. The van der Waals surface area contributed by atoms with Crippen LogP contribution in [-0.2, 0) is 10.2 Å². The highest BCUT2D eigenvalue weighted by Crippen LogP contribution is 2.44. The van der Waals surface area contributed by atoms with Gasteiger partial charge in [-0.25, -0.2) is 4.79 Å². The van der Waals surface area contributed by atoms with Crippen LogP contribution in [0.25, 0.3) is 0 Å². The highest BCUT2D eigenvalue weighted by atomic mass is 79.9. The second kappa shape index (κ2) is 8.72. The molecule has 0 aromatic heterocycles. The molecule has 0 aliphatic carbocycles. The minimum Gasteiger partial charge on any atom is -0.421 e. The quantitative estimate of drug-likeness (QED) is 0.196. The van der Waals surface area contributed by atoms with Crippen molar-refractivity contribution in [2.75, 3.05) is 0 Å². The first-order valence-corrected chi connectivity index (χ1v) is 11.1. The normalized spacial score (nSPS) is 13.2. The van der Waals surface area contributed by atoms with E-state index in [2.05, 4.69) is 103 Å². The van der Waals surface area contributed by atoms with Gasteiger partial charge in [0.1, 0.15) is 0 Å². The van der Waals surface area contributed by atoms with Crippen LogP contribution in [0, 0.1) is 6.92 Å². The number of rotatable bonds is 5. The molecule has 1 atom stereocenters. The van der Waals surface area contributed by atoms with Gasteiger partial charge in [-0.1, -0.05) is 52.3 Å². The molecule has 26 heavy (non-hydrogen) atoms. The molecule has 0 fully saturated rings. The van der Waals surface area contributed by atoms with Gasteiger partial charge in [0.05, 0.1) is 8.95 Å². The molecule has 0 aliphatic rings. The molecule has 0 amide bonds. The van der Waals surface area contributed by atoms with Crippen molar-refractivity contribution >= 4 is 69.7 Å². The smallest absolute Gasteiger partial charge is 0.335 e. The Bertz CT molecular complexity index is 830. The Balaban J connectivity index is 2.60. The first-order chi connectivity index (χ1) is 12.1. The Morgan fingerprint density at radius 3 is 1.85 bits per heavy atom. The van der Waals surface area contributed by atoms with Crippen LogP contribution in [-0.4, -0.2) is 5.97 Å². The number of carbonyl (C=O) groups excluding carboxylic acids is 1. The Kier molecular flexibility index (Phi) is 7.33. The van der Waals surface area contributed by atoms with Gasteiger partial charge in [-0.15, -0.1) is 0 Å². The minimum absolute atomic E-state index is 0.218. The second-order valence-electron chi connectivity index (χ2n) is 6.14. The fourth-order valence-corrected chi connectivity index (χ4v) is 5.19. The summed E-state index contributed by atoms with van der Waals surface area (Å²) in [6, 6.07) is 8.33. The lowest BCUT2D eigenvalue weighted by Gasteiger charge is -2.31. The van der Waals surface area contributed by atoms with Crippen LogP contribution >= 0.6 is 63.7 Å². The predicted molar refractivity (Wildman–Crippen MR) is 121 cm³/mol. The van der Waals surface area contributed by atoms with Gasteiger partial charge in [0, 0.05) is 20.4 Å². The molecule has 0 bridgehead atoms. The van der Waals surface area contributed by atoms with E-state index in [9.17, 15) is 4.79 Å². The maximum absolute atomic E-state index is 11.6. The second-order valence-corrected chi connectivity index (χ2v) is 9.56. The maximum Gasteiger partial charge on any atom is 0.335 e. The zero-order valence-corrected chi connectivity index (χ0v) is 21.0. The third kappa shape index (κ3) is 4.34. The summed E-state index contributed by atoms with van der Waals surface area (Å²) in [7, 11) is 0. The summed E-state index contributed by atoms with van der Waals surface area (Å²) in [5.74, 6) is -0.0489. The Morgan fingerprint density at radius 2 is 1.46 bits per heavy atom. The highest BCUT2D eigenvalue weighted by Gasteiger charge is 2.30. The fourth-order valence-electron chi connectivity index (χ4n) is 2.66. The summed E-state index contributed by atoms with van der Waals surface area (Å²) < 4.78 is 8.87. The van der Waals surface area contributed by atoms with Crippen molar-refractivity contribution in [3.8, 4) is 5.75 Å². The largest absolute Gasteiger partial charge is 0.421 e. The highest BCUT2D eigenvalue weighted by molar-refractivity contribution is 9.11. The monoisotopic (exact) mass is 606 g/mol. The molecule has 0 radical (unpaired) electrons. The third-order valence-corrected chi connectivity index (χ3v) is 7.46. The molecule has 0 N–H and O–H groups in total. The van der Waals surface area contributed by atoms with E-state index in [0.717, 1.165) is 27.0 Å². The lowest BCUT2D eigenvalue weighted by Crippen LogP contribution is -2.23. The number of hydrogen-bond donors (Lipinski definition) is 0. The molecule has 6 heteroatoms. The molecule has 2 aromatic carbocycles. The van der Waals surface area contributed by atoms with Gasteiger partial charge in [0.15, 0.2) is 5.75 Å². The summed E-state index contributed by atoms with van der Waals surface area (Å²) >= 11 is 14.4. The van der Waals surface area contributed by atoms with E-state index in [1.54, 1.807) is 0 Å². The van der Waals surface area contributed by atoms with Crippen LogP contribution in [0.3, 0.4) is 0 Å². The summed E-state index contributed by atoms with van der Waals surface area (Å²) in [5, 5.41) is 0. The summed E-state index contributed by atoms with van der Waals surface area (Å²) in [6.45, 7) is 9.87. The molecule has 0 saturated carbocycles. The average Bonchev–Trinajstić information content (AvgIpc) is 2.60. The SMILES string of the molecule is C=CC(=O)Oc1c(Br)cc(C(C)(CC)c2cc(Br)c(C)c(Br)c2)cc1Br. The van der Waals surface area contributed by atoms with Crippen LogP contribution in [0.2, 0.25) is 0 Å². The van der Waals surface area contributed by atoms with E-state index < -0.39 is 5.97 Å². The van der Waals surface area contributed by atoms with Crippen LogP contribution in [0.5, 0.6) is 5.75 Å². The van der Waals surface area contributed by atoms with Crippen molar-refractivity contribution in [1.82, 2.24) is 0 Å². The summed E-state index contributed by atoms with van der Waals surface area (Å²) in [4.78, 5) is 11.6. The number of esters is 1. The van der Waals surface area contributed by atoms with Crippen molar-refractivity contribution in [1.29, 1.82) is 0 Å². The van der Waals surface area contributed by atoms with Crippen LogP contribution in [0.15, 0.2) is 54.8 Å². The summed E-state index contributed by atoms with van der Waals surface area (Å²) in [6.07, 6.45) is 2.05. The van der Waals surface area contributed by atoms with Crippen LogP contribution in [0.1, 0.15) is 37.0 Å². The van der Waals surface area contributed by atoms with Crippen LogP contribution < -0.4 is 4.74 Å². The van der Waals surface area contributed by atoms with E-state index >= 15 is 0 Å². The van der Waals surface area contributed by atoms with E-state index in [1.807, 2.05) is 12.1 Å². The van der Waals surface area contributed by atoms with Gasteiger partial charge in [-0.2, -0.15) is 0 Å². The first kappa shape index (κ1) is 21.9. The van der Waals surface area contributed by atoms with E-state index in [1.165, 1.54) is 11.1 Å². The molecule has 138 valence electrons. The Labute approximate surface area is 187 Å². The number of benzene rings is 2. The fraction of sp³-hybridized carbons (Fsp3) is 0.250. The maximum atomic E-state index is 11.6. The van der Waals surface area contributed by atoms with Gasteiger partial charge in [-0.3, -0.25) is 0 Å². The minimum atomic E-state index is -0.496. The molecule has 0 saturated heterocycles. The van der Waals surface area contributed by atoms with E-state index in [0.29, 0.717) is 14.7 Å². The predicted octanol–water partition coefficient (Wildman–Crippen LogP) is 7.85. The zero-order valence-electron chi connectivity index (χ0n) is 14.6. The zero-order chi connectivity index (χ0) is 19.6. The third-order valence-electron chi connectivity index (χ3n) is 4.63. The molecule has 0 spiro atoms. The molecule has 0 aliphatic heterocycles. The number of halogens is 4. The average molecular weight is 610 g/mol. The van der Waals surface area contributed by atoms with Crippen LogP contribution in [0.4, 0.5) is 0 Å². The molecule has 0 heterocycles. The topological polar surface area (TPSA) is 26.3 Å². The Hall–Kier alpha value is -0.430. The molecule has 2 rings (SSSR count). The summed E-state index contributed by atoms with van der Waals surface area (Å²) in [5.41, 5.74) is 3.25. The van der Waals surface area contributed by atoms with Crippen molar-refractivity contribution in [3.05, 3.63) is 71.5 Å². The van der Waals surface area contributed by atoms with Gasteiger partial charge in [0.25, 0.3) is 0 Å². The standard InChI is InChI=1S/C20H18Br4O2/c1-5-18(25)26-19-16(23)9-13(10-17(19)24)20(4,6-2)12-7-14(21)11(3)15(22)8-12/h5,7-10H,1,6H2,2-4H3. The number of ether oxygens (including phenoxy) is 1. The van der Waals surface area contributed by atoms with Gasteiger partial charge in [-0.05, 0) is 86.2 Å². The van der Waals surface area contributed by atoms with Gasteiger partial charge < -0.3 is 4.74 Å². The van der Waals surface area contributed by atoms with Gasteiger partial charge in [0.2, 0.25) is 0 Å². The Morgan fingerprint density at radius 1 is 1.04 bits per heavy atom. The van der Waals surface area contributed by atoms with Crippen molar-refractivity contribution in [2.45, 2.75) is 32.6 Å². The molecular formula is C20H18Br4O2. The van der Waals surface area contributed by atoms with Crippen molar-refractivity contribution in [2.24, 2.45) is 0 Å². The molecule has 2 nitrogen and oxygen atoms in total. The van der Waals surface area contributed by atoms with Crippen molar-refractivity contribution in [3.63, 3.8) is 0 Å². The number of hydrogen-bond acceptors (Lipinski definition) is 2.